The monoisotopic (exact) mass is 346 g/mol. The molecule has 2 amide bonds. The fraction of sp³-hybridized carbons (Fsp3) is 0.733. The van der Waals surface area contributed by atoms with E-state index >= 15 is 0 Å². The number of rotatable bonds is 12. The van der Waals surface area contributed by atoms with Crippen LogP contribution in [0.2, 0.25) is 0 Å². The number of hydrogen-bond acceptors (Lipinski definition) is 5. The van der Waals surface area contributed by atoms with Gasteiger partial charge >= 0.3 is 5.97 Å². The molecule has 8 heteroatoms. The molecule has 0 aromatic carbocycles. The molecule has 7 nitrogen and oxygen atoms in total. The third kappa shape index (κ3) is 12.6. The van der Waals surface area contributed by atoms with Gasteiger partial charge in [-0.2, -0.15) is 0 Å². The standard InChI is InChI=1S/C15H26N2O5S/c1-3-4-8-13(19)17-12(15(21)22)7-5-6-9-16-14(20)10-23-11(2)18/h12H,3-10H2,1-2H3,(H,16,20)(H,17,19)(H,21,22)/t12-/m0/s1. The first kappa shape index (κ1) is 21.4. The van der Waals surface area contributed by atoms with Gasteiger partial charge in [-0.05, 0) is 25.7 Å². The average Bonchev–Trinajstić information content (AvgIpc) is 2.49. The lowest BCUT2D eigenvalue weighted by molar-refractivity contribution is -0.142. The molecule has 132 valence electrons. The van der Waals surface area contributed by atoms with Gasteiger partial charge in [0.1, 0.15) is 6.04 Å². The van der Waals surface area contributed by atoms with Crippen molar-refractivity contribution in [2.75, 3.05) is 12.3 Å². The van der Waals surface area contributed by atoms with Gasteiger partial charge in [-0.1, -0.05) is 25.1 Å². The van der Waals surface area contributed by atoms with Gasteiger partial charge in [-0.3, -0.25) is 14.4 Å². The molecular formula is C15H26N2O5S. The molecule has 0 aromatic heterocycles. The second kappa shape index (κ2) is 12.9. The molecule has 0 rings (SSSR count). The quantitative estimate of drug-likeness (QED) is 0.459. The number of carbonyl (C=O) groups excluding carboxylic acids is 3. The number of hydrogen-bond donors (Lipinski definition) is 3. The Morgan fingerprint density at radius 3 is 2.35 bits per heavy atom. The van der Waals surface area contributed by atoms with Crippen LogP contribution in [-0.2, 0) is 19.2 Å². The lowest BCUT2D eigenvalue weighted by Crippen LogP contribution is -2.40. The summed E-state index contributed by atoms with van der Waals surface area (Å²) in [5.74, 6) is -1.40. The second-order valence-corrected chi connectivity index (χ2v) is 6.34. The van der Waals surface area contributed by atoms with Gasteiger partial charge in [0.05, 0.1) is 5.75 Å². The first-order valence-electron chi connectivity index (χ1n) is 7.79. The zero-order valence-corrected chi connectivity index (χ0v) is 14.5. The van der Waals surface area contributed by atoms with E-state index in [1.807, 2.05) is 6.92 Å². The van der Waals surface area contributed by atoms with E-state index in [1.54, 1.807) is 0 Å². The van der Waals surface area contributed by atoms with E-state index in [0.29, 0.717) is 32.2 Å². The number of aliphatic carboxylic acids is 1. The van der Waals surface area contributed by atoms with E-state index in [0.717, 1.165) is 24.6 Å². The minimum atomic E-state index is -1.04. The van der Waals surface area contributed by atoms with Gasteiger partial charge in [0.15, 0.2) is 5.12 Å². The lowest BCUT2D eigenvalue weighted by Gasteiger charge is -2.14. The van der Waals surface area contributed by atoms with Gasteiger partial charge in [-0.15, -0.1) is 0 Å². The van der Waals surface area contributed by atoms with Crippen molar-refractivity contribution < 1.29 is 24.3 Å². The van der Waals surface area contributed by atoms with Crippen LogP contribution < -0.4 is 10.6 Å². The maximum atomic E-state index is 11.6. The van der Waals surface area contributed by atoms with E-state index in [9.17, 15) is 19.2 Å². The Labute approximate surface area is 141 Å². The van der Waals surface area contributed by atoms with Crippen molar-refractivity contribution in [2.45, 2.75) is 58.4 Å². The molecular weight excluding hydrogens is 320 g/mol. The molecule has 0 heterocycles. The van der Waals surface area contributed by atoms with Gasteiger partial charge in [0, 0.05) is 19.9 Å². The van der Waals surface area contributed by atoms with Gasteiger partial charge in [0.2, 0.25) is 11.8 Å². The summed E-state index contributed by atoms with van der Waals surface area (Å²) in [5, 5.41) is 14.2. The molecule has 0 fully saturated rings. The van der Waals surface area contributed by atoms with Crippen LogP contribution in [0.1, 0.15) is 52.4 Å². The number of carbonyl (C=O) groups is 4. The summed E-state index contributed by atoms with van der Waals surface area (Å²) < 4.78 is 0. The molecule has 0 spiro atoms. The van der Waals surface area contributed by atoms with Crippen LogP contribution in [0, 0.1) is 0 Å². The maximum Gasteiger partial charge on any atom is 0.326 e. The Morgan fingerprint density at radius 1 is 1.09 bits per heavy atom. The van der Waals surface area contributed by atoms with Crippen molar-refractivity contribution in [1.82, 2.24) is 10.6 Å². The fourth-order valence-electron chi connectivity index (χ4n) is 1.78. The maximum absolute atomic E-state index is 11.6. The highest BCUT2D eigenvalue weighted by molar-refractivity contribution is 8.14. The first-order valence-corrected chi connectivity index (χ1v) is 8.77. The number of carboxylic acids is 1. The predicted octanol–water partition coefficient (Wildman–Crippen LogP) is 1.31. The molecule has 0 aromatic rings. The summed E-state index contributed by atoms with van der Waals surface area (Å²) in [6.45, 7) is 3.79. The summed E-state index contributed by atoms with van der Waals surface area (Å²) in [7, 11) is 0. The van der Waals surface area contributed by atoms with Gasteiger partial charge in [-0.25, -0.2) is 4.79 Å². The minimum absolute atomic E-state index is 0.0978. The van der Waals surface area contributed by atoms with E-state index < -0.39 is 12.0 Å². The predicted molar refractivity (Wildman–Crippen MR) is 89.1 cm³/mol. The van der Waals surface area contributed by atoms with Crippen molar-refractivity contribution in [1.29, 1.82) is 0 Å². The normalized spacial score (nSPS) is 11.6. The number of nitrogens with one attached hydrogen (secondary N) is 2. The van der Waals surface area contributed by atoms with Crippen molar-refractivity contribution >= 4 is 34.7 Å². The lowest BCUT2D eigenvalue weighted by atomic mass is 10.1. The molecule has 0 bridgehead atoms. The van der Waals surface area contributed by atoms with Crippen LogP contribution in [0.3, 0.4) is 0 Å². The summed E-state index contributed by atoms with van der Waals surface area (Å²) in [6.07, 6.45) is 3.47. The molecule has 0 aliphatic rings. The fourth-order valence-corrected chi connectivity index (χ4v) is 2.22. The molecule has 0 saturated heterocycles. The Bertz CT molecular complexity index is 415. The zero-order chi connectivity index (χ0) is 17.7. The molecule has 0 unspecified atom stereocenters. The van der Waals surface area contributed by atoms with E-state index in [2.05, 4.69) is 10.6 Å². The van der Waals surface area contributed by atoms with Gasteiger partial charge < -0.3 is 15.7 Å². The number of thioether (sulfide) groups is 1. The average molecular weight is 346 g/mol. The van der Waals surface area contributed by atoms with Crippen LogP contribution in [0.4, 0.5) is 0 Å². The van der Waals surface area contributed by atoms with Crippen molar-refractivity contribution in [3.8, 4) is 0 Å². The molecule has 0 aliphatic heterocycles. The van der Waals surface area contributed by atoms with Crippen LogP contribution in [-0.4, -0.2) is 46.3 Å². The highest BCUT2D eigenvalue weighted by atomic mass is 32.2. The molecule has 23 heavy (non-hydrogen) atoms. The Balaban J connectivity index is 3.88. The van der Waals surface area contributed by atoms with Gasteiger partial charge in [0.25, 0.3) is 0 Å². The third-order valence-corrected chi connectivity index (χ3v) is 3.85. The highest BCUT2D eigenvalue weighted by Crippen LogP contribution is 2.04. The zero-order valence-electron chi connectivity index (χ0n) is 13.7. The summed E-state index contributed by atoms with van der Waals surface area (Å²) >= 11 is 0.949. The van der Waals surface area contributed by atoms with Crippen molar-refractivity contribution in [2.24, 2.45) is 0 Å². The van der Waals surface area contributed by atoms with Crippen LogP contribution in [0.5, 0.6) is 0 Å². The number of unbranched alkanes of at least 4 members (excludes halogenated alkanes) is 2. The van der Waals surface area contributed by atoms with E-state index in [-0.39, 0.29) is 22.7 Å². The molecule has 3 N–H and O–H groups in total. The van der Waals surface area contributed by atoms with E-state index in [1.165, 1.54) is 6.92 Å². The first-order chi connectivity index (χ1) is 10.9. The SMILES string of the molecule is CCCCC(=O)N[C@@H](CCCCNC(=O)CSC(C)=O)C(=O)O. The molecule has 0 aliphatic carbocycles. The third-order valence-electron chi connectivity index (χ3n) is 3.04. The van der Waals surface area contributed by atoms with Crippen LogP contribution >= 0.6 is 11.8 Å². The highest BCUT2D eigenvalue weighted by Gasteiger charge is 2.18. The molecule has 0 radical (unpaired) electrons. The largest absolute Gasteiger partial charge is 0.480 e. The minimum Gasteiger partial charge on any atom is -0.480 e. The Morgan fingerprint density at radius 2 is 1.78 bits per heavy atom. The summed E-state index contributed by atoms with van der Waals surface area (Å²) in [5.41, 5.74) is 0. The smallest absolute Gasteiger partial charge is 0.326 e. The number of carboxylic acid groups (broad SMARTS) is 1. The van der Waals surface area contributed by atoms with Crippen molar-refractivity contribution in [3.63, 3.8) is 0 Å². The van der Waals surface area contributed by atoms with E-state index in [4.69, 9.17) is 5.11 Å². The Kier molecular flexibility index (Phi) is 12.0. The van der Waals surface area contributed by atoms with Crippen LogP contribution in [0.25, 0.3) is 0 Å². The summed E-state index contributed by atoms with van der Waals surface area (Å²) in [4.78, 5) is 44.7. The summed E-state index contributed by atoms with van der Waals surface area (Å²) in [6, 6.07) is -0.886. The molecule has 0 saturated carbocycles. The molecule has 1 atom stereocenters. The Hall–Kier alpha value is -1.57. The second-order valence-electron chi connectivity index (χ2n) is 5.19. The topological polar surface area (TPSA) is 113 Å². The van der Waals surface area contributed by atoms with Crippen molar-refractivity contribution in [3.05, 3.63) is 0 Å². The van der Waals surface area contributed by atoms with Crippen LogP contribution in [0.15, 0.2) is 0 Å². The number of amides is 2.